The van der Waals surface area contributed by atoms with Gasteiger partial charge in [-0.3, -0.25) is 5.01 Å². The normalized spacial score (nSPS) is 22.4. The van der Waals surface area contributed by atoms with Gasteiger partial charge in [-0.25, -0.2) is 10.2 Å². The number of carboxylic acid groups (broad SMARTS) is 1. The second kappa shape index (κ2) is 4.00. The van der Waals surface area contributed by atoms with Crippen LogP contribution < -0.4 is 5.43 Å². The van der Waals surface area contributed by atoms with Crippen molar-refractivity contribution in [1.29, 1.82) is 0 Å². The van der Waals surface area contributed by atoms with Crippen molar-refractivity contribution in [2.24, 2.45) is 0 Å². The topological polar surface area (TPSA) is 52.6 Å². The highest BCUT2D eigenvalue weighted by Gasteiger charge is 2.31. The number of rotatable bonds is 2. The summed E-state index contributed by atoms with van der Waals surface area (Å²) in [7, 11) is 1.57. The third kappa shape index (κ3) is 1.96. The molecule has 0 aromatic carbocycles. The van der Waals surface area contributed by atoms with Crippen molar-refractivity contribution >= 4 is 29.2 Å². The zero-order valence-corrected chi connectivity index (χ0v) is 8.30. The second-order valence-corrected chi connectivity index (χ2v) is 3.20. The number of carbonyl (C=O) groups is 1. The third-order valence-corrected chi connectivity index (χ3v) is 2.25. The van der Waals surface area contributed by atoms with Crippen LogP contribution in [-0.4, -0.2) is 29.2 Å². The Kier molecular flexibility index (Phi) is 3.19. The highest BCUT2D eigenvalue weighted by molar-refractivity contribution is 6.33. The molecule has 1 atom stereocenters. The first kappa shape index (κ1) is 10.4. The summed E-state index contributed by atoms with van der Waals surface area (Å²) in [4.78, 5) is 10.8. The Morgan fingerprint density at radius 3 is 2.62 bits per heavy atom. The van der Waals surface area contributed by atoms with Crippen LogP contribution in [0.25, 0.3) is 0 Å². The molecule has 6 heteroatoms. The van der Waals surface area contributed by atoms with Gasteiger partial charge < -0.3 is 5.11 Å². The van der Waals surface area contributed by atoms with Gasteiger partial charge in [0.25, 0.3) is 0 Å². The largest absolute Gasteiger partial charge is 0.479 e. The summed E-state index contributed by atoms with van der Waals surface area (Å²) < 4.78 is 0. The van der Waals surface area contributed by atoms with E-state index in [1.807, 2.05) is 0 Å². The molecule has 0 aromatic heterocycles. The summed E-state index contributed by atoms with van der Waals surface area (Å²) in [6.45, 7) is 0. The maximum absolute atomic E-state index is 10.8. The molecule has 0 amide bonds. The van der Waals surface area contributed by atoms with Crippen molar-refractivity contribution in [3.63, 3.8) is 0 Å². The summed E-state index contributed by atoms with van der Waals surface area (Å²) in [5, 5.41) is 10.6. The quantitative estimate of drug-likeness (QED) is 0.688. The zero-order valence-electron chi connectivity index (χ0n) is 6.79. The predicted molar refractivity (Wildman–Crippen MR) is 50.2 cm³/mol. The number of hydrogen-bond acceptors (Lipinski definition) is 3. The smallest absolute Gasteiger partial charge is 0.333 e. The van der Waals surface area contributed by atoms with Crippen LogP contribution in [0.5, 0.6) is 0 Å². The van der Waals surface area contributed by atoms with Gasteiger partial charge in [-0.05, 0) is 12.2 Å². The zero-order chi connectivity index (χ0) is 10.0. The van der Waals surface area contributed by atoms with Gasteiger partial charge in [-0.15, -0.1) is 0 Å². The number of hydrazine groups is 1. The van der Waals surface area contributed by atoms with Crippen LogP contribution in [0.15, 0.2) is 22.3 Å². The van der Waals surface area contributed by atoms with Crippen molar-refractivity contribution in [3.8, 4) is 0 Å². The van der Waals surface area contributed by atoms with Gasteiger partial charge in [-0.2, -0.15) is 0 Å². The van der Waals surface area contributed by atoms with Gasteiger partial charge >= 0.3 is 5.97 Å². The average molecular weight is 223 g/mol. The lowest BCUT2D eigenvalue weighted by molar-refractivity contribution is -0.141. The molecule has 1 unspecified atom stereocenters. The minimum Gasteiger partial charge on any atom is -0.479 e. The van der Waals surface area contributed by atoms with Crippen molar-refractivity contribution in [2.45, 2.75) is 6.04 Å². The van der Waals surface area contributed by atoms with Crippen molar-refractivity contribution < 1.29 is 9.90 Å². The fraction of sp³-hybridized carbons (Fsp3) is 0.286. The molecule has 2 N–H and O–H groups in total. The van der Waals surface area contributed by atoms with E-state index in [-0.39, 0.29) is 5.03 Å². The van der Waals surface area contributed by atoms with Gasteiger partial charge in [0, 0.05) is 7.05 Å². The summed E-state index contributed by atoms with van der Waals surface area (Å²) in [5.41, 5.74) is 2.64. The highest BCUT2D eigenvalue weighted by Crippen LogP contribution is 2.24. The number of halogens is 2. The Balaban J connectivity index is 2.99. The monoisotopic (exact) mass is 222 g/mol. The van der Waals surface area contributed by atoms with Gasteiger partial charge in [0.15, 0.2) is 6.04 Å². The minimum absolute atomic E-state index is 0.214. The molecule has 0 spiro atoms. The van der Waals surface area contributed by atoms with E-state index in [4.69, 9.17) is 28.3 Å². The molecule has 1 heterocycles. The Morgan fingerprint density at radius 2 is 2.23 bits per heavy atom. The van der Waals surface area contributed by atoms with E-state index in [1.165, 1.54) is 17.2 Å². The molecule has 0 aliphatic carbocycles. The molecule has 0 aromatic rings. The summed E-state index contributed by atoms with van der Waals surface area (Å²) in [6, 6.07) is -0.954. The Labute approximate surface area is 85.4 Å². The maximum Gasteiger partial charge on any atom is 0.333 e. The van der Waals surface area contributed by atoms with E-state index in [1.54, 1.807) is 7.05 Å². The van der Waals surface area contributed by atoms with Crippen LogP contribution in [0.2, 0.25) is 0 Å². The molecule has 1 aliphatic rings. The van der Waals surface area contributed by atoms with Gasteiger partial charge in [-0.1, -0.05) is 23.2 Å². The predicted octanol–water partition coefficient (Wildman–Crippen LogP) is 1.09. The summed E-state index contributed by atoms with van der Waals surface area (Å²) in [6.07, 6.45) is 3.00. The van der Waals surface area contributed by atoms with Crippen LogP contribution >= 0.6 is 23.2 Å². The molecule has 0 fully saturated rings. The molecular formula is C7H8Cl2N2O2. The average Bonchev–Trinajstić information content (AvgIpc) is 2.07. The molecule has 0 saturated heterocycles. The fourth-order valence-corrected chi connectivity index (χ4v) is 1.53. The lowest BCUT2D eigenvalue weighted by Crippen LogP contribution is -2.47. The molecule has 4 nitrogen and oxygen atoms in total. The van der Waals surface area contributed by atoms with E-state index in [9.17, 15) is 4.79 Å². The minimum atomic E-state index is -1.05. The van der Waals surface area contributed by atoms with Crippen LogP contribution in [0.3, 0.4) is 0 Å². The van der Waals surface area contributed by atoms with E-state index in [0.29, 0.717) is 5.16 Å². The van der Waals surface area contributed by atoms with E-state index >= 15 is 0 Å². The molecule has 0 saturated carbocycles. The first-order valence-electron chi connectivity index (χ1n) is 3.50. The van der Waals surface area contributed by atoms with Crippen molar-refractivity contribution in [3.05, 3.63) is 22.3 Å². The number of nitrogens with one attached hydrogen (secondary N) is 1. The molecular weight excluding hydrogens is 215 g/mol. The number of aliphatic carboxylic acids is 1. The van der Waals surface area contributed by atoms with E-state index in [0.717, 1.165) is 0 Å². The van der Waals surface area contributed by atoms with Crippen LogP contribution in [-0.2, 0) is 4.79 Å². The van der Waals surface area contributed by atoms with Gasteiger partial charge in [0.2, 0.25) is 0 Å². The highest BCUT2D eigenvalue weighted by atomic mass is 35.5. The van der Waals surface area contributed by atoms with Crippen molar-refractivity contribution in [1.82, 2.24) is 10.4 Å². The lowest BCUT2D eigenvalue weighted by Gasteiger charge is -2.30. The first-order chi connectivity index (χ1) is 6.07. The Hall–Kier alpha value is -0.710. The Morgan fingerprint density at radius 1 is 1.62 bits per heavy atom. The molecule has 13 heavy (non-hydrogen) atoms. The lowest BCUT2D eigenvalue weighted by atomic mass is 10.2. The number of allylic oxidation sites excluding steroid dienone is 2. The van der Waals surface area contributed by atoms with Gasteiger partial charge in [0.1, 0.15) is 5.16 Å². The SMILES string of the molecule is CNN1C(Cl)=CC=C(Cl)C1C(=O)O. The first-order valence-corrected chi connectivity index (χ1v) is 4.26. The molecule has 1 rings (SSSR count). The molecule has 72 valence electrons. The fourth-order valence-electron chi connectivity index (χ4n) is 1.03. The van der Waals surface area contributed by atoms with E-state index < -0.39 is 12.0 Å². The van der Waals surface area contributed by atoms with Gasteiger partial charge in [0.05, 0.1) is 5.03 Å². The Bertz CT molecular complexity index is 288. The number of carboxylic acids is 1. The standard InChI is InChI=1S/C7H8Cl2N2O2/c1-10-11-5(9)3-2-4(8)6(11)7(12)13/h2-3,6,10H,1H3,(H,12,13). The van der Waals surface area contributed by atoms with Crippen LogP contribution in [0, 0.1) is 0 Å². The second-order valence-electron chi connectivity index (χ2n) is 2.38. The summed E-state index contributed by atoms with van der Waals surface area (Å²) >= 11 is 11.5. The molecule has 1 aliphatic heterocycles. The number of hydrogen-bond donors (Lipinski definition) is 2. The number of nitrogens with zero attached hydrogens (tertiary/aromatic N) is 1. The summed E-state index contributed by atoms with van der Waals surface area (Å²) in [5.74, 6) is -1.05. The van der Waals surface area contributed by atoms with Crippen LogP contribution in [0.4, 0.5) is 0 Å². The molecule has 0 radical (unpaired) electrons. The maximum atomic E-state index is 10.8. The third-order valence-electron chi connectivity index (χ3n) is 1.60. The molecule has 0 bridgehead atoms. The van der Waals surface area contributed by atoms with E-state index in [2.05, 4.69) is 5.43 Å². The van der Waals surface area contributed by atoms with Crippen molar-refractivity contribution in [2.75, 3.05) is 7.05 Å². The van der Waals surface area contributed by atoms with Crippen LogP contribution in [0.1, 0.15) is 0 Å².